The lowest BCUT2D eigenvalue weighted by Gasteiger charge is -2.24. The van der Waals surface area contributed by atoms with E-state index in [0.717, 1.165) is 5.56 Å². The number of nitrogens with zero attached hydrogens (tertiary/aromatic N) is 3. The first-order chi connectivity index (χ1) is 9.49. The molecule has 1 heterocycles. The van der Waals surface area contributed by atoms with Crippen LogP contribution in [0.1, 0.15) is 29.0 Å². The molecule has 0 fully saturated rings. The topological polar surface area (TPSA) is 46.1 Å². The van der Waals surface area contributed by atoms with Gasteiger partial charge in [0.2, 0.25) is 0 Å². The molecule has 0 aliphatic heterocycles. The van der Waals surface area contributed by atoms with Gasteiger partial charge in [0, 0.05) is 12.1 Å². The van der Waals surface area contributed by atoms with Crippen molar-refractivity contribution in [1.29, 1.82) is 0 Å². The number of amides is 1. The van der Waals surface area contributed by atoms with Crippen molar-refractivity contribution in [2.45, 2.75) is 13.0 Å². The first-order valence-electron chi connectivity index (χ1n) is 6.01. The fourth-order valence-electron chi connectivity index (χ4n) is 1.75. The van der Waals surface area contributed by atoms with Crippen LogP contribution in [0.25, 0.3) is 0 Å². The third-order valence-electron chi connectivity index (χ3n) is 3.10. The van der Waals surface area contributed by atoms with E-state index in [2.05, 4.69) is 10.2 Å². The standard InChI is InChI=1S/C14H13Cl2N3O/c1-9(10-3-5-11(15)6-4-10)19(2)14(20)12-7-8-13(16)18-17-12/h3-9H,1-2H3. The van der Waals surface area contributed by atoms with Crippen LogP contribution in [0.5, 0.6) is 0 Å². The lowest BCUT2D eigenvalue weighted by atomic mass is 10.1. The molecule has 1 atom stereocenters. The number of aromatic nitrogens is 2. The fraction of sp³-hybridized carbons (Fsp3) is 0.214. The maximum Gasteiger partial charge on any atom is 0.274 e. The van der Waals surface area contributed by atoms with Gasteiger partial charge in [-0.25, -0.2) is 0 Å². The molecule has 2 aromatic rings. The Balaban J connectivity index is 2.17. The highest BCUT2D eigenvalue weighted by molar-refractivity contribution is 6.30. The Hall–Kier alpha value is -1.65. The number of carbonyl (C=O) groups excluding carboxylic acids is 1. The van der Waals surface area contributed by atoms with Crippen LogP contribution in [-0.2, 0) is 0 Å². The number of halogens is 2. The highest BCUT2D eigenvalue weighted by atomic mass is 35.5. The van der Waals surface area contributed by atoms with Crippen molar-refractivity contribution in [3.63, 3.8) is 0 Å². The third-order valence-corrected chi connectivity index (χ3v) is 3.56. The number of hydrogen-bond acceptors (Lipinski definition) is 3. The first kappa shape index (κ1) is 14.8. The Bertz CT molecular complexity index is 599. The van der Waals surface area contributed by atoms with Gasteiger partial charge in [-0.3, -0.25) is 4.79 Å². The SMILES string of the molecule is CC(c1ccc(Cl)cc1)N(C)C(=O)c1ccc(Cl)nn1. The number of rotatable bonds is 3. The normalized spacial score (nSPS) is 12.0. The van der Waals surface area contributed by atoms with Gasteiger partial charge in [-0.05, 0) is 36.8 Å². The minimum atomic E-state index is -0.211. The summed E-state index contributed by atoms with van der Waals surface area (Å²) in [7, 11) is 1.72. The summed E-state index contributed by atoms with van der Waals surface area (Å²) in [6.07, 6.45) is 0. The molecule has 0 saturated heterocycles. The highest BCUT2D eigenvalue weighted by Crippen LogP contribution is 2.22. The molecule has 1 unspecified atom stereocenters. The molecular formula is C14H13Cl2N3O. The predicted octanol–water partition coefficient (Wildman–Crippen LogP) is 3.62. The monoisotopic (exact) mass is 309 g/mol. The van der Waals surface area contributed by atoms with E-state index in [1.54, 1.807) is 36.2 Å². The molecule has 1 aromatic heterocycles. The van der Waals surface area contributed by atoms with Gasteiger partial charge in [0.1, 0.15) is 0 Å². The maximum atomic E-state index is 12.3. The lowest BCUT2D eigenvalue weighted by Crippen LogP contribution is -2.30. The van der Waals surface area contributed by atoms with Crippen LogP contribution < -0.4 is 0 Å². The average Bonchev–Trinajstić information content (AvgIpc) is 2.46. The second-order valence-corrected chi connectivity index (χ2v) is 5.21. The van der Waals surface area contributed by atoms with Gasteiger partial charge in [-0.1, -0.05) is 35.3 Å². The number of carbonyl (C=O) groups is 1. The van der Waals surface area contributed by atoms with Crippen LogP contribution in [0, 0.1) is 0 Å². The summed E-state index contributed by atoms with van der Waals surface area (Å²) in [6, 6.07) is 10.4. The van der Waals surface area contributed by atoms with Crippen molar-refractivity contribution >= 4 is 29.1 Å². The molecule has 0 N–H and O–H groups in total. The Morgan fingerprint density at radius 2 is 1.75 bits per heavy atom. The van der Waals surface area contributed by atoms with E-state index in [9.17, 15) is 4.79 Å². The molecule has 6 heteroatoms. The number of benzene rings is 1. The molecule has 20 heavy (non-hydrogen) atoms. The molecule has 0 aliphatic carbocycles. The molecule has 1 aromatic carbocycles. The first-order valence-corrected chi connectivity index (χ1v) is 6.76. The van der Waals surface area contributed by atoms with E-state index in [1.165, 1.54) is 0 Å². The molecule has 0 radical (unpaired) electrons. The van der Waals surface area contributed by atoms with Gasteiger partial charge in [0.15, 0.2) is 10.8 Å². The molecule has 0 bridgehead atoms. The minimum Gasteiger partial charge on any atom is -0.334 e. The van der Waals surface area contributed by atoms with Crippen LogP contribution in [0.4, 0.5) is 0 Å². The zero-order valence-corrected chi connectivity index (χ0v) is 12.6. The van der Waals surface area contributed by atoms with Crippen molar-refractivity contribution in [1.82, 2.24) is 15.1 Å². The van der Waals surface area contributed by atoms with Crippen LogP contribution in [-0.4, -0.2) is 28.1 Å². The summed E-state index contributed by atoms with van der Waals surface area (Å²) >= 11 is 11.5. The van der Waals surface area contributed by atoms with Crippen LogP contribution in [0.15, 0.2) is 36.4 Å². The zero-order chi connectivity index (χ0) is 14.7. The van der Waals surface area contributed by atoms with E-state index in [1.807, 2.05) is 19.1 Å². The molecule has 104 valence electrons. The van der Waals surface area contributed by atoms with E-state index in [0.29, 0.717) is 5.02 Å². The Kier molecular flexibility index (Phi) is 4.57. The van der Waals surface area contributed by atoms with Gasteiger partial charge in [-0.2, -0.15) is 0 Å². The maximum absolute atomic E-state index is 12.3. The third kappa shape index (κ3) is 3.26. The molecule has 0 aliphatic rings. The summed E-state index contributed by atoms with van der Waals surface area (Å²) in [4.78, 5) is 13.9. The van der Waals surface area contributed by atoms with Gasteiger partial charge >= 0.3 is 0 Å². The minimum absolute atomic E-state index is 0.0998. The second-order valence-electron chi connectivity index (χ2n) is 4.38. The van der Waals surface area contributed by atoms with Crippen molar-refractivity contribution in [3.05, 3.63) is 57.8 Å². The molecule has 0 saturated carbocycles. The summed E-state index contributed by atoms with van der Waals surface area (Å²) in [6.45, 7) is 1.94. The Morgan fingerprint density at radius 3 is 2.30 bits per heavy atom. The van der Waals surface area contributed by atoms with Crippen LogP contribution in [0.3, 0.4) is 0 Å². The van der Waals surface area contributed by atoms with Crippen molar-refractivity contribution in [2.75, 3.05) is 7.05 Å². The lowest BCUT2D eigenvalue weighted by molar-refractivity contribution is 0.0735. The van der Waals surface area contributed by atoms with Crippen molar-refractivity contribution < 1.29 is 4.79 Å². The van der Waals surface area contributed by atoms with Crippen molar-refractivity contribution in [3.8, 4) is 0 Å². The van der Waals surface area contributed by atoms with Crippen LogP contribution >= 0.6 is 23.2 Å². The fourth-order valence-corrected chi connectivity index (χ4v) is 1.98. The van der Waals surface area contributed by atoms with Crippen LogP contribution in [0.2, 0.25) is 10.2 Å². The van der Waals surface area contributed by atoms with E-state index < -0.39 is 0 Å². The molecule has 2 rings (SSSR count). The molecular weight excluding hydrogens is 297 g/mol. The quantitative estimate of drug-likeness (QED) is 0.870. The molecule has 4 nitrogen and oxygen atoms in total. The Morgan fingerprint density at radius 1 is 1.10 bits per heavy atom. The van der Waals surface area contributed by atoms with E-state index in [4.69, 9.17) is 23.2 Å². The van der Waals surface area contributed by atoms with Gasteiger partial charge < -0.3 is 4.90 Å². The van der Waals surface area contributed by atoms with E-state index in [-0.39, 0.29) is 22.8 Å². The highest BCUT2D eigenvalue weighted by Gasteiger charge is 2.20. The van der Waals surface area contributed by atoms with Gasteiger partial charge in [0.05, 0.1) is 6.04 Å². The molecule has 1 amide bonds. The average molecular weight is 310 g/mol. The van der Waals surface area contributed by atoms with Gasteiger partial charge in [-0.15, -0.1) is 10.2 Å². The van der Waals surface area contributed by atoms with Crippen molar-refractivity contribution in [2.24, 2.45) is 0 Å². The second kappa shape index (κ2) is 6.20. The largest absolute Gasteiger partial charge is 0.334 e. The summed E-state index contributed by atoms with van der Waals surface area (Å²) in [5.41, 5.74) is 1.25. The molecule has 0 spiro atoms. The predicted molar refractivity (Wildman–Crippen MR) is 79.0 cm³/mol. The zero-order valence-electron chi connectivity index (χ0n) is 11.0. The van der Waals surface area contributed by atoms with E-state index >= 15 is 0 Å². The smallest absolute Gasteiger partial charge is 0.274 e. The summed E-state index contributed by atoms with van der Waals surface area (Å²) in [5.74, 6) is -0.211. The number of hydrogen-bond donors (Lipinski definition) is 0. The van der Waals surface area contributed by atoms with Gasteiger partial charge in [0.25, 0.3) is 5.91 Å². The Labute approximate surface area is 127 Å². The summed E-state index contributed by atoms with van der Waals surface area (Å²) in [5, 5.41) is 8.40. The summed E-state index contributed by atoms with van der Waals surface area (Å²) < 4.78 is 0.